The highest BCUT2D eigenvalue weighted by Crippen LogP contribution is 2.21. The summed E-state index contributed by atoms with van der Waals surface area (Å²) >= 11 is 0. The second-order valence-electron chi connectivity index (χ2n) is 21.6. The Morgan fingerprint density at radius 2 is 0.250 bits per heavy atom. The second kappa shape index (κ2) is 23.2. The first kappa shape index (κ1) is 51.1. The van der Waals surface area contributed by atoms with Crippen molar-refractivity contribution in [1.82, 2.24) is 0 Å². The Morgan fingerprint density at radius 3 is 0.375 bits per heavy atom. The number of hydrogen-bond acceptors (Lipinski definition) is 0. The van der Waals surface area contributed by atoms with Gasteiger partial charge in [-0.2, -0.15) is 0 Å². The average molecular weight is 569 g/mol. The Balaban J connectivity index is 9.31. The molecule has 0 radical (unpaired) electrons. The maximum absolute atomic E-state index is 2.66. The van der Waals surface area contributed by atoms with Gasteiger partial charge in [-0.1, -0.05) is 0 Å². The first-order valence-electron chi connectivity index (χ1n) is 21.8. The molecule has 0 spiro atoms. The lowest BCUT2D eigenvalue weighted by Gasteiger charge is -2.56. The van der Waals surface area contributed by atoms with Crippen LogP contribution in [0.5, 0.6) is 0 Å². The zero-order valence-electron chi connectivity index (χ0n) is 38.3. The Kier molecular flexibility index (Phi) is 24.8. The van der Waals surface area contributed by atoms with Crippen molar-refractivity contribution in [2.75, 3.05) is 0 Å². The van der Waals surface area contributed by atoms with Crippen LogP contribution in [0.15, 0.2) is 0 Å². The average Bonchev–Trinajstić information content (AvgIpc) is 2.86. The van der Waals surface area contributed by atoms with Crippen molar-refractivity contribution in [2.45, 2.75) is 0 Å². The molecule has 0 saturated carbocycles. The fourth-order valence-corrected chi connectivity index (χ4v) is 13.2. The molecule has 0 saturated heterocycles. The van der Waals surface area contributed by atoms with Crippen molar-refractivity contribution in [1.29, 1.82) is 0 Å². The summed E-state index contributed by atoms with van der Waals surface area (Å²) in [4.78, 5) is 0. The van der Waals surface area contributed by atoms with Gasteiger partial charge in [0.05, 0.1) is 193 Å². The van der Waals surface area contributed by atoms with E-state index in [2.05, 4.69) is 193 Å². The zero-order valence-corrected chi connectivity index (χ0v) is 38.3. The van der Waals surface area contributed by atoms with E-state index in [1.807, 2.05) is 0 Å². The third-order valence-electron chi connectivity index (χ3n) is 14.1. The normalized spacial score (nSPS) is 9.67. The maximum Gasteiger partial charge on any atom is 0.0552 e. The molecule has 0 bridgehead atoms. The molecule has 48 heavy (non-hydrogen) atoms. The molecule has 0 unspecified atom stereocenters. The van der Waals surface area contributed by atoms with E-state index in [0.717, 1.165) is 0 Å². The fourth-order valence-electron chi connectivity index (χ4n) is 13.2. The Bertz CT molecular complexity index is 695. The minimum atomic E-state index is 0.664. The third kappa shape index (κ3) is 13.7. The molecule has 0 aliphatic rings. The van der Waals surface area contributed by atoms with E-state index >= 15 is 0 Å². The van der Waals surface area contributed by atoms with Gasteiger partial charge in [0.25, 0.3) is 0 Å². The van der Waals surface area contributed by atoms with Crippen LogP contribution in [0.25, 0.3) is 0 Å². The number of rotatable bonds is 22. The van der Waals surface area contributed by atoms with Gasteiger partial charge in [0.1, 0.15) is 0 Å². The van der Waals surface area contributed by atoms with Crippen LogP contribution in [-0.2, 0) is 0 Å². The summed E-state index contributed by atoms with van der Waals surface area (Å²) in [6.07, 6.45) is 15.7. The first-order valence-corrected chi connectivity index (χ1v) is 21.8. The van der Waals surface area contributed by atoms with Gasteiger partial charge >= 0.3 is 0 Å². The molecule has 0 aromatic rings. The van der Waals surface area contributed by atoms with Crippen LogP contribution in [0, 0.1) is 0 Å². The molecule has 0 amide bonds. The molecule has 0 atom stereocenters. The minimum Gasteiger partial charge on any atom is 0.0000104 e. The van der Waals surface area contributed by atoms with Crippen LogP contribution in [0.3, 0.4) is 0 Å². The second-order valence-corrected chi connectivity index (χ2v) is 21.6. The van der Waals surface area contributed by atoms with Crippen LogP contribution in [0.2, 0.25) is 0 Å². The molecule has 194 valence electrons. The van der Waals surface area contributed by atoms with E-state index in [1.165, 1.54) is 0 Å². The van der Waals surface area contributed by atoms with Gasteiger partial charge in [-0.25, -0.2) is 0 Å². The zero-order chi connectivity index (χ0) is 38.3. The summed E-state index contributed by atoms with van der Waals surface area (Å²) in [6.45, 7) is 0. The van der Waals surface area contributed by atoms with E-state index in [4.69, 9.17) is 0 Å². The van der Waals surface area contributed by atoms with Gasteiger partial charge in [-0.3, -0.25) is 0 Å². The molecule has 0 N–H and O–H groups in total. The van der Waals surface area contributed by atoms with Crippen molar-refractivity contribution < 1.29 is 0 Å². The van der Waals surface area contributed by atoms with E-state index in [1.54, 1.807) is 0 Å². The van der Waals surface area contributed by atoms with Crippen LogP contribution < -0.4 is 0 Å². The van der Waals surface area contributed by atoms with Crippen LogP contribution in [-0.4, -0.2) is 340 Å². The summed E-state index contributed by atoms with van der Waals surface area (Å²) in [5.74, 6) is 0. The molecular weight excluding hydrogens is 519 g/mol. The van der Waals surface area contributed by atoms with E-state index < -0.39 is 0 Å². The largest absolute Gasteiger partial charge is 0.0552 e. The van der Waals surface area contributed by atoms with Gasteiger partial charge in [-0.05, 0) is 0 Å². The molecule has 0 rings (SSSR count). The summed E-state index contributed by atoms with van der Waals surface area (Å²) in [5, 5.41) is 0. The lowest BCUT2D eigenvalue weighted by Crippen LogP contribution is -2.94. The fraction of sp³-hybridized carbons (Fsp3) is 0. The van der Waals surface area contributed by atoms with Gasteiger partial charge in [0, 0.05) is 147 Å². The summed E-state index contributed by atoms with van der Waals surface area (Å²) in [6, 6.07) is 0. The molecule has 0 nitrogen and oxygen atoms in total. The van der Waals surface area contributed by atoms with E-state index in [-0.39, 0.29) is 0 Å². The van der Waals surface area contributed by atoms with Crippen molar-refractivity contribution in [3.8, 4) is 0 Å². The van der Waals surface area contributed by atoms with Crippen molar-refractivity contribution in [3.05, 3.63) is 0 Å². The van der Waals surface area contributed by atoms with Crippen molar-refractivity contribution in [2.24, 2.45) is 0 Å². The quantitative estimate of drug-likeness (QED) is 0.114. The summed E-state index contributed by atoms with van der Waals surface area (Å²) < 4.78 is 0. The van der Waals surface area contributed by atoms with Crippen molar-refractivity contribution >= 4 is 340 Å². The molecule has 48 heteroatoms. The van der Waals surface area contributed by atoms with Gasteiger partial charge < -0.3 is 0 Å². The Hall–Kier alpha value is 3.12. The van der Waals surface area contributed by atoms with Crippen LogP contribution >= 0.6 is 0 Å². The van der Waals surface area contributed by atoms with Gasteiger partial charge in [0.2, 0.25) is 0 Å². The smallest absolute Gasteiger partial charge is 0.0000104 e. The van der Waals surface area contributed by atoms with Gasteiger partial charge in [0.15, 0.2) is 0 Å². The lowest BCUT2D eigenvalue weighted by molar-refractivity contribution is 3.19. The van der Waals surface area contributed by atoms with Gasteiger partial charge in [-0.15, -0.1) is 0 Å². The maximum atomic E-state index is 2.66. The van der Waals surface area contributed by atoms with Crippen molar-refractivity contribution in [3.63, 3.8) is 0 Å². The van der Waals surface area contributed by atoms with Crippen LogP contribution in [0.4, 0.5) is 0 Å². The molecule has 0 aliphatic carbocycles. The Morgan fingerprint density at radius 1 is 0.125 bits per heavy atom. The highest BCUT2D eigenvalue weighted by molar-refractivity contribution is 8.35. The SMILES string of the molecule is BB(B)B(B)B(B(B)B)B(B(B(B)B)B(B)B)B(B(B(B(B)B)B(B)B)B(B(B)B)B(B)B)B(B(B(B)B)B(B)B)B(B(B)B)B(B)B. The minimum absolute atomic E-state index is 0.664. The Labute approximate surface area is 337 Å². The number of hydrogen-bond donors (Lipinski definition) is 0. The first-order chi connectivity index (χ1) is 21.8. The molecule has 0 heterocycles. The van der Waals surface area contributed by atoms with E-state index in [0.29, 0.717) is 147 Å². The standard InChI is InChI=1S/B48H50/c1-26(2)38(25)44(37(23)24)47(43(35(19)20)36(21)22)48(45(39(27(3)4)28(5)6)40(29(7)8)30(9)10)46(41(31(11)12)32(13)14)42(33(15)16)34(17)18/h1-25H2. The summed E-state index contributed by atoms with van der Waals surface area (Å²) in [5.41, 5.74) is 0. The highest BCUT2D eigenvalue weighted by Gasteiger charge is 2.60. The predicted molar refractivity (Wildman–Crippen MR) is 346 cm³/mol. The summed E-state index contributed by atoms with van der Waals surface area (Å²) in [7, 11) is 64.9. The molecule has 0 aliphatic heterocycles. The predicted octanol–water partition coefficient (Wildman–Crippen LogP) is -31.7. The molecule has 0 aromatic carbocycles. The van der Waals surface area contributed by atoms with E-state index in [9.17, 15) is 0 Å². The molecule has 0 aromatic heterocycles. The topological polar surface area (TPSA) is 0 Å². The monoisotopic (exact) mass is 579 g/mol. The molecule has 0 fully saturated rings. The molecular formula is H50B48. The highest BCUT2D eigenvalue weighted by atomic mass is 13.4. The lowest BCUT2D eigenvalue weighted by atomic mass is 8.25. The third-order valence-corrected chi connectivity index (χ3v) is 14.1. The van der Waals surface area contributed by atoms with Crippen LogP contribution in [0.1, 0.15) is 0 Å².